The van der Waals surface area contributed by atoms with Crippen LogP contribution in [0.15, 0.2) is 23.3 Å². The van der Waals surface area contributed by atoms with E-state index in [-0.39, 0.29) is 36.9 Å². The lowest BCUT2D eigenvalue weighted by Crippen LogP contribution is -2.66. The zero-order valence-electron chi connectivity index (χ0n) is 29.1. The van der Waals surface area contributed by atoms with Crippen LogP contribution in [0.4, 0.5) is 0 Å². The number of rotatable bonds is 7. The summed E-state index contributed by atoms with van der Waals surface area (Å²) in [7, 11) is 0. The molecule has 0 amide bonds. The topological polar surface area (TPSA) is 197 Å². The van der Waals surface area contributed by atoms with E-state index in [0.29, 0.717) is 12.8 Å². The molecule has 11 heteroatoms. The van der Waals surface area contributed by atoms with E-state index in [9.17, 15) is 45.6 Å². The number of allylic oxidation sites excluding steroid dienone is 2. The van der Waals surface area contributed by atoms with Crippen LogP contribution in [-0.2, 0) is 14.3 Å². The first-order valence-corrected chi connectivity index (χ1v) is 17.2. The average Bonchev–Trinajstić information content (AvgIpc) is 3.18. The molecule has 5 rings (SSSR count). The molecule has 5 aliphatic rings. The van der Waals surface area contributed by atoms with Gasteiger partial charge in [0.1, 0.15) is 30.2 Å². The molecule has 0 aromatic heterocycles. The van der Waals surface area contributed by atoms with E-state index in [0.717, 1.165) is 11.1 Å². The second-order valence-corrected chi connectivity index (χ2v) is 17.0. The van der Waals surface area contributed by atoms with Gasteiger partial charge in [-0.3, -0.25) is 4.79 Å². The van der Waals surface area contributed by atoms with Gasteiger partial charge in [-0.15, -0.1) is 0 Å². The number of ketones is 1. The van der Waals surface area contributed by atoms with Gasteiger partial charge in [0.25, 0.3) is 0 Å². The Hall–Kier alpha value is -1.25. The molecule has 11 nitrogen and oxygen atoms in total. The highest BCUT2D eigenvalue weighted by Crippen LogP contribution is 2.74. The number of carbonyl (C=O) groups is 1. The second kappa shape index (κ2) is 12.2. The molecule has 268 valence electrons. The number of fused-ring (bicyclic) bond motifs is 5. The van der Waals surface area contributed by atoms with Gasteiger partial charge in [-0.2, -0.15) is 0 Å². The van der Waals surface area contributed by atoms with Crippen LogP contribution in [0, 0.1) is 39.4 Å². The quantitative estimate of drug-likeness (QED) is 0.183. The zero-order chi connectivity index (χ0) is 35.2. The molecule has 0 bridgehead atoms. The first-order valence-electron chi connectivity index (χ1n) is 17.2. The molecule has 47 heavy (non-hydrogen) atoms. The second-order valence-electron chi connectivity index (χ2n) is 17.0. The lowest BCUT2D eigenvalue weighted by molar-refractivity contribution is -0.327. The van der Waals surface area contributed by atoms with E-state index in [4.69, 9.17) is 9.47 Å². The first kappa shape index (κ1) is 37.0. The number of hydrogen-bond donors (Lipinski definition) is 8. The third-order valence-electron chi connectivity index (χ3n) is 13.8. The summed E-state index contributed by atoms with van der Waals surface area (Å²) in [5.74, 6) is -1.31. The molecule has 1 aliphatic heterocycles. The molecule has 4 fully saturated rings. The van der Waals surface area contributed by atoms with Crippen LogP contribution in [-0.4, -0.2) is 114 Å². The normalized spacial score (nSPS) is 49.6. The molecule has 0 aromatic rings. The van der Waals surface area contributed by atoms with Crippen LogP contribution in [0.2, 0.25) is 0 Å². The largest absolute Gasteiger partial charge is 0.394 e. The van der Waals surface area contributed by atoms with Gasteiger partial charge in [-0.25, -0.2) is 0 Å². The molecular weight excluding hydrogens is 608 g/mol. The van der Waals surface area contributed by atoms with E-state index < -0.39 is 94.9 Å². The van der Waals surface area contributed by atoms with E-state index in [1.54, 1.807) is 6.92 Å². The standard InChI is InChI=1S/C36H58O11/c1-17(2)9-12-24(40)36(8,45)29-21(39)14-33(5)23-11-10-18-19(35(23,7)25(41)15-34(29,33)6)13-20(38)30(32(18,3)4)47-31-28(44)27(43)26(42)22(16-37)46-31/h9-10,19-24,26-31,37-40,42-45H,11-16H2,1-8H3/t19-,20-,21+,22+,23+,24-,26+,27-,28+,29+,30+,31-,33-,34+,35-,36-/m0/s1. The molecular formula is C36H58O11. The van der Waals surface area contributed by atoms with Crippen molar-refractivity contribution in [2.45, 2.75) is 148 Å². The summed E-state index contributed by atoms with van der Waals surface area (Å²) in [5.41, 5.74) is -2.84. The third kappa shape index (κ3) is 5.34. The number of hydrogen-bond acceptors (Lipinski definition) is 11. The van der Waals surface area contributed by atoms with Gasteiger partial charge in [0.2, 0.25) is 0 Å². The minimum Gasteiger partial charge on any atom is -0.394 e. The van der Waals surface area contributed by atoms with Gasteiger partial charge < -0.3 is 50.3 Å². The summed E-state index contributed by atoms with van der Waals surface area (Å²) < 4.78 is 11.8. The summed E-state index contributed by atoms with van der Waals surface area (Å²) in [6.45, 7) is 14.7. The van der Waals surface area contributed by atoms with Crippen molar-refractivity contribution in [2.24, 2.45) is 39.4 Å². The molecule has 1 heterocycles. The number of Topliss-reactive ketones (excluding diaryl/α,β-unsaturated/α-hetero) is 1. The summed E-state index contributed by atoms with van der Waals surface area (Å²) in [6, 6.07) is 0. The van der Waals surface area contributed by atoms with Gasteiger partial charge in [0.05, 0.1) is 36.6 Å². The lowest BCUT2D eigenvalue weighted by Gasteiger charge is -2.65. The molecule has 0 spiro atoms. The molecule has 0 aromatic carbocycles. The van der Waals surface area contributed by atoms with E-state index >= 15 is 0 Å². The third-order valence-corrected chi connectivity index (χ3v) is 13.8. The van der Waals surface area contributed by atoms with Crippen molar-refractivity contribution < 1.29 is 55.1 Å². The zero-order valence-corrected chi connectivity index (χ0v) is 29.1. The van der Waals surface area contributed by atoms with Crippen molar-refractivity contribution in [3.63, 3.8) is 0 Å². The van der Waals surface area contributed by atoms with Gasteiger partial charge >= 0.3 is 0 Å². The first-order chi connectivity index (χ1) is 21.6. The summed E-state index contributed by atoms with van der Waals surface area (Å²) in [5, 5.41) is 87.3. The number of ether oxygens (including phenoxy) is 2. The molecule has 0 unspecified atom stereocenters. The van der Waals surface area contributed by atoms with Crippen molar-refractivity contribution in [1.82, 2.24) is 0 Å². The van der Waals surface area contributed by atoms with Crippen molar-refractivity contribution >= 4 is 5.78 Å². The van der Waals surface area contributed by atoms with Crippen molar-refractivity contribution in [3.05, 3.63) is 23.3 Å². The van der Waals surface area contributed by atoms with E-state index in [1.165, 1.54) is 0 Å². The maximum atomic E-state index is 14.7. The summed E-state index contributed by atoms with van der Waals surface area (Å²) >= 11 is 0. The Balaban J connectivity index is 1.48. The van der Waals surface area contributed by atoms with Crippen LogP contribution < -0.4 is 0 Å². The van der Waals surface area contributed by atoms with Gasteiger partial charge in [0.15, 0.2) is 6.29 Å². The Bertz CT molecular complexity index is 1270. The average molecular weight is 667 g/mol. The predicted octanol–water partition coefficient (Wildman–Crippen LogP) is 1.37. The van der Waals surface area contributed by atoms with Gasteiger partial charge in [-0.1, -0.05) is 57.9 Å². The SMILES string of the molecule is CC(C)=CC[C@H](O)[C@](C)(O)[C@@H]1[C@H](O)C[C@@]2(C)[C@H]3CC=C4[C@H](C[C@H](O)[C@@H](O[C@@H]5O[C@H](CO)[C@@H](O)[C@H](O)[C@H]5O)C4(C)C)[C@]3(C)C(=O)C[C@]12C. The Morgan fingerprint density at radius 3 is 2.28 bits per heavy atom. The fraction of sp³-hybridized carbons (Fsp3) is 0.861. The Labute approximate surface area is 278 Å². The summed E-state index contributed by atoms with van der Waals surface area (Å²) in [4.78, 5) is 14.7. The highest BCUT2D eigenvalue weighted by Gasteiger charge is 2.74. The number of aliphatic hydroxyl groups is 8. The summed E-state index contributed by atoms with van der Waals surface area (Å²) in [6.07, 6.45) is -6.01. The fourth-order valence-electron chi connectivity index (χ4n) is 11.0. The molecule has 4 aliphatic carbocycles. The molecule has 16 atom stereocenters. The Kier molecular flexibility index (Phi) is 9.62. The van der Waals surface area contributed by atoms with Crippen LogP contribution in [0.25, 0.3) is 0 Å². The Morgan fingerprint density at radius 1 is 1.04 bits per heavy atom. The molecule has 3 saturated carbocycles. The van der Waals surface area contributed by atoms with E-state index in [1.807, 2.05) is 47.6 Å². The monoisotopic (exact) mass is 666 g/mol. The van der Waals surface area contributed by atoms with Gasteiger partial charge in [-0.05, 0) is 69.1 Å². The highest BCUT2D eigenvalue weighted by molar-refractivity contribution is 5.88. The number of carbonyl (C=O) groups excluding carboxylic acids is 1. The van der Waals surface area contributed by atoms with Crippen LogP contribution in [0.5, 0.6) is 0 Å². The highest BCUT2D eigenvalue weighted by atomic mass is 16.7. The van der Waals surface area contributed by atoms with Crippen molar-refractivity contribution in [1.29, 1.82) is 0 Å². The minimum atomic E-state index is -1.65. The fourth-order valence-corrected chi connectivity index (χ4v) is 11.0. The molecule has 1 saturated heterocycles. The Morgan fingerprint density at radius 2 is 1.68 bits per heavy atom. The van der Waals surface area contributed by atoms with Crippen molar-refractivity contribution in [2.75, 3.05) is 6.61 Å². The lowest BCUT2D eigenvalue weighted by atomic mass is 9.38. The van der Waals surface area contributed by atoms with Crippen LogP contribution in [0.3, 0.4) is 0 Å². The smallest absolute Gasteiger partial charge is 0.187 e. The maximum absolute atomic E-state index is 14.7. The maximum Gasteiger partial charge on any atom is 0.187 e. The molecule has 0 radical (unpaired) electrons. The van der Waals surface area contributed by atoms with Gasteiger partial charge in [0, 0.05) is 23.2 Å². The van der Waals surface area contributed by atoms with Crippen molar-refractivity contribution in [3.8, 4) is 0 Å². The van der Waals surface area contributed by atoms with Crippen LogP contribution >= 0.6 is 0 Å². The van der Waals surface area contributed by atoms with E-state index in [2.05, 4.69) is 13.0 Å². The molecule has 8 N–H and O–H groups in total. The number of aliphatic hydroxyl groups excluding tert-OH is 7. The predicted molar refractivity (Wildman–Crippen MR) is 171 cm³/mol. The van der Waals surface area contributed by atoms with Crippen LogP contribution in [0.1, 0.15) is 87.5 Å². The minimum absolute atomic E-state index is 0.00284.